The van der Waals surface area contributed by atoms with E-state index >= 15 is 0 Å². The van der Waals surface area contributed by atoms with E-state index in [0.717, 1.165) is 11.6 Å². The lowest BCUT2D eigenvalue weighted by Crippen LogP contribution is -2.15. The predicted octanol–water partition coefficient (Wildman–Crippen LogP) is 5.34. The van der Waals surface area contributed by atoms with E-state index in [-0.39, 0.29) is 4.90 Å². The molecule has 0 fully saturated rings. The molecule has 0 unspecified atom stereocenters. The Morgan fingerprint density at radius 1 is 0.964 bits per heavy atom. The van der Waals surface area contributed by atoms with Gasteiger partial charge in [0.05, 0.1) is 10.6 Å². The van der Waals surface area contributed by atoms with Crippen molar-refractivity contribution in [2.45, 2.75) is 15.5 Å². The maximum atomic E-state index is 12.8. The van der Waals surface area contributed by atoms with E-state index in [1.807, 2.05) is 12.1 Å². The number of rotatable bonds is 7. The van der Waals surface area contributed by atoms with Gasteiger partial charge in [0.2, 0.25) is 0 Å². The molecule has 0 spiro atoms. The Kier molecular flexibility index (Phi) is 6.23. The van der Waals surface area contributed by atoms with Crippen LogP contribution in [0, 0.1) is 10.1 Å². The molecule has 9 heteroatoms. The molecule has 0 heterocycles. The number of benzene rings is 3. The van der Waals surface area contributed by atoms with E-state index in [1.165, 1.54) is 30.0 Å². The summed E-state index contributed by atoms with van der Waals surface area (Å²) in [6.45, 7) is 0. The van der Waals surface area contributed by atoms with Crippen molar-refractivity contribution in [2.75, 3.05) is 4.72 Å². The van der Waals surface area contributed by atoms with Crippen molar-refractivity contribution in [1.82, 2.24) is 0 Å². The molecule has 0 aliphatic heterocycles. The molecule has 0 aromatic heterocycles. The monoisotopic (exact) mass is 434 g/mol. The summed E-state index contributed by atoms with van der Waals surface area (Å²) < 4.78 is 28.0. The van der Waals surface area contributed by atoms with Crippen molar-refractivity contribution >= 4 is 44.8 Å². The van der Waals surface area contributed by atoms with Crippen LogP contribution in [0.5, 0.6) is 0 Å². The van der Waals surface area contributed by atoms with Crippen LogP contribution in [0.3, 0.4) is 0 Å². The van der Waals surface area contributed by atoms with Gasteiger partial charge in [0, 0.05) is 21.7 Å². The average Bonchev–Trinajstić information content (AvgIpc) is 2.68. The topological polar surface area (TPSA) is 89.3 Å². The normalized spacial score (nSPS) is 11.2. The molecule has 6 nitrogen and oxygen atoms in total. The third-order valence-corrected chi connectivity index (χ3v) is 6.60. The number of nitrogens with one attached hydrogen (secondary N) is 1. The van der Waals surface area contributed by atoms with Crippen molar-refractivity contribution in [3.8, 4) is 0 Å². The first-order chi connectivity index (χ1) is 13.4. The number of para-hydroxylation sites is 2. The number of nitrogens with zero attached hydrogens (tertiary/aromatic N) is 1. The maximum absolute atomic E-state index is 12.8. The van der Waals surface area contributed by atoms with Crippen molar-refractivity contribution in [1.29, 1.82) is 0 Å². The fourth-order valence-electron chi connectivity index (χ4n) is 2.45. The third-order valence-electron chi connectivity index (χ3n) is 3.79. The molecule has 3 aromatic carbocycles. The van der Waals surface area contributed by atoms with E-state index in [4.69, 9.17) is 11.6 Å². The molecule has 0 atom stereocenters. The first-order valence-electron chi connectivity index (χ1n) is 8.09. The molecule has 0 saturated heterocycles. The summed E-state index contributed by atoms with van der Waals surface area (Å²) in [5.74, 6) is 0.612. The summed E-state index contributed by atoms with van der Waals surface area (Å²) >= 11 is 7.34. The Morgan fingerprint density at radius 3 is 2.32 bits per heavy atom. The summed E-state index contributed by atoms with van der Waals surface area (Å²) in [6, 6.07) is 19.5. The van der Waals surface area contributed by atoms with E-state index in [2.05, 4.69) is 4.72 Å². The van der Waals surface area contributed by atoms with Crippen LogP contribution in [0.2, 0.25) is 5.02 Å². The van der Waals surface area contributed by atoms with Crippen LogP contribution < -0.4 is 4.72 Å². The van der Waals surface area contributed by atoms with Gasteiger partial charge in [-0.1, -0.05) is 48.0 Å². The van der Waals surface area contributed by atoms with E-state index in [9.17, 15) is 18.5 Å². The van der Waals surface area contributed by atoms with Gasteiger partial charge in [-0.2, -0.15) is 0 Å². The lowest BCUT2D eigenvalue weighted by molar-refractivity contribution is -0.387. The summed E-state index contributed by atoms with van der Waals surface area (Å²) in [5.41, 5.74) is 0.923. The smallest absolute Gasteiger partial charge is 0.278 e. The van der Waals surface area contributed by atoms with Crippen LogP contribution in [0.15, 0.2) is 82.6 Å². The molecule has 28 heavy (non-hydrogen) atoms. The van der Waals surface area contributed by atoms with Gasteiger partial charge >= 0.3 is 0 Å². The van der Waals surface area contributed by atoms with Crippen LogP contribution >= 0.6 is 23.4 Å². The zero-order valence-corrected chi connectivity index (χ0v) is 16.8. The lowest BCUT2D eigenvalue weighted by atomic mass is 10.2. The summed E-state index contributed by atoms with van der Waals surface area (Å²) in [6.07, 6.45) is 0. The fourth-order valence-corrected chi connectivity index (χ4v) is 4.86. The van der Waals surface area contributed by atoms with Crippen LogP contribution in [0.1, 0.15) is 5.56 Å². The highest BCUT2D eigenvalue weighted by molar-refractivity contribution is 7.98. The van der Waals surface area contributed by atoms with Gasteiger partial charge in [-0.3, -0.25) is 14.8 Å². The highest BCUT2D eigenvalue weighted by Crippen LogP contribution is 2.33. The van der Waals surface area contributed by atoms with Gasteiger partial charge in [0.25, 0.3) is 15.7 Å². The molecule has 144 valence electrons. The number of hydrogen-bond donors (Lipinski definition) is 1. The summed E-state index contributed by atoms with van der Waals surface area (Å²) in [4.78, 5) is 10.8. The highest BCUT2D eigenvalue weighted by atomic mass is 35.5. The highest BCUT2D eigenvalue weighted by Gasteiger charge is 2.25. The van der Waals surface area contributed by atoms with Gasteiger partial charge in [0.1, 0.15) is 0 Å². The molecule has 0 aliphatic carbocycles. The molecule has 3 rings (SSSR count). The van der Waals surface area contributed by atoms with Crippen molar-refractivity contribution < 1.29 is 13.3 Å². The number of nitro benzene ring substituents is 1. The van der Waals surface area contributed by atoms with Gasteiger partial charge in [-0.25, -0.2) is 8.42 Å². The number of halogens is 1. The van der Waals surface area contributed by atoms with Crippen molar-refractivity contribution in [3.63, 3.8) is 0 Å². The molecule has 0 radical (unpaired) electrons. The molecule has 3 aromatic rings. The van der Waals surface area contributed by atoms with Gasteiger partial charge in [-0.05, 0) is 35.9 Å². The maximum Gasteiger partial charge on any atom is 0.289 e. The molecule has 0 bridgehead atoms. The second-order valence-corrected chi connectivity index (χ2v) is 8.85. The molecule has 0 saturated carbocycles. The van der Waals surface area contributed by atoms with E-state index in [0.29, 0.717) is 21.4 Å². The summed E-state index contributed by atoms with van der Waals surface area (Å²) in [5, 5.41) is 11.8. The van der Waals surface area contributed by atoms with E-state index < -0.39 is 20.6 Å². The summed E-state index contributed by atoms with van der Waals surface area (Å²) in [7, 11) is -4.12. The standard InChI is InChI=1S/C19H15ClN2O4S2/c20-15-11-9-14(10-12-15)13-27-18-7-3-1-5-16(18)21-28(25,26)19-8-4-2-6-17(19)22(23)24/h1-12,21H,13H2. The largest absolute Gasteiger partial charge is 0.289 e. The van der Waals surface area contributed by atoms with Gasteiger partial charge < -0.3 is 0 Å². The zero-order chi connectivity index (χ0) is 20.1. The first-order valence-corrected chi connectivity index (χ1v) is 10.9. The Bertz CT molecular complexity index is 1100. The fraction of sp³-hybridized carbons (Fsp3) is 0.0526. The van der Waals surface area contributed by atoms with Crippen molar-refractivity contribution in [3.05, 3.63) is 93.5 Å². The minimum Gasteiger partial charge on any atom is -0.278 e. The SMILES string of the molecule is O=[N+]([O-])c1ccccc1S(=O)(=O)Nc1ccccc1SCc1ccc(Cl)cc1. The van der Waals surface area contributed by atoms with Crippen LogP contribution in [0.25, 0.3) is 0 Å². The second-order valence-electron chi connectivity index (χ2n) is 5.74. The van der Waals surface area contributed by atoms with Crippen LogP contribution in [-0.4, -0.2) is 13.3 Å². The number of sulfonamides is 1. The van der Waals surface area contributed by atoms with Crippen molar-refractivity contribution in [2.24, 2.45) is 0 Å². The predicted molar refractivity (Wildman–Crippen MR) is 111 cm³/mol. The number of thioether (sulfide) groups is 1. The van der Waals surface area contributed by atoms with Crippen LogP contribution in [0.4, 0.5) is 11.4 Å². The van der Waals surface area contributed by atoms with Gasteiger partial charge in [0.15, 0.2) is 4.90 Å². The Hall–Kier alpha value is -2.55. The zero-order valence-electron chi connectivity index (χ0n) is 14.4. The van der Waals surface area contributed by atoms with E-state index in [1.54, 1.807) is 36.4 Å². The Labute approximate surface area is 171 Å². The quantitative estimate of drug-likeness (QED) is 0.308. The second kappa shape index (κ2) is 8.64. The molecular formula is C19H15ClN2O4S2. The Morgan fingerprint density at radius 2 is 1.61 bits per heavy atom. The molecule has 1 N–H and O–H groups in total. The average molecular weight is 435 g/mol. The molecule has 0 aliphatic rings. The number of nitro groups is 1. The minimum absolute atomic E-state index is 0.361. The lowest BCUT2D eigenvalue weighted by Gasteiger charge is -2.12. The van der Waals surface area contributed by atoms with Crippen LogP contribution in [-0.2, 0) is 15.8 Å². The van der Waals surface area contributed by atoms with Gasteiger partial charge in [-0.15, -0.1) is 11.8 Å². The third kappa shape index (κ3) is 4.83. The first kappa shape index (κ1) is 20.2. The Balaban J connectivity index is 1.85. The molecular weight excluding hydrogens is 420 g/mol. The number of anilines is 1. The molecule has 0 amide bonds. The number of hydrogen-bond acceptors (Lipinski definition) is 5. The minimum atomic E-state index is -4.12.